The Labute approximate surface area is 446 Å². The third-order valence-corrected chi connectivity index (χ3v) is 13.4. The molecule has 6 aromatic heterocycles. The van der Waals surface area contributed by atoms with Crippen molar-refractivity contribution in [3.05, 3.63) is 228 Å². The molecule has 0 saturated heterocycles. The largest absolute Gasteiger partial charge is 2.00 e. The molecular weight excluding hydrogens is 998 g/mol. The number of benzene rings is 4. The van der Waals surface area contributed by atoms with Gasteiger partial charge < -0.3 is 19.9 Å². The maximum Gasteiger partial charge on any atom is 2.00 e. The van der Waals surface area contributed by atoms with E-state index in [1.54, 1.807) is 0 Å². The van der Waals surface area contributed by atoms with Gasteiger partial charge in [-0.25, -0.2) is 19.9 Å². The van der Waals surface area contributed by atoms with Gasteiger partial charge in [0.15, 0.2) is 0 Å². The third-order valence-electron chi connectivity index (χ3n) is 13.4. The zero-order valence-corrected chi connectivity index (χ0v) is 41.1. The van der Waals surface area contributed by atoms with Crippen LogP contribution in [0.5, 0.6) is 0 Å². The molecule has 0 unspecified atom stereocenters. The van der Waals surface area contributed by atoms with Crippen LogP contribution in [-0.4, -0.2) is 19.9 Å². The van der Waals surface area contributed by atoms with Crippen LogP contribution in [0.15, 0.2) is 182 Å². The van der Waals surface area contributed by atoms with Crippen LogP contribution in [0.4, 0.5) is 0 Å². The van der Waals surface area contributed by atoms with E-state index in [1.807, 2.05) is 109 Å². The van der Waals surface area contributed by atoms with Gasteiger partial charge in [-0.15, -0.1) is 44.1 Å². The third kappa shape index (κ3) is 8.30. The number of fused-ring (bicyclic) bond motifs is 16. The summed E-state index contributed by atoms with van der Waals surface area (Å²) in [6.07, 6.45) is 16.6. The Bertz CT molecular complexity index is 3960. The SMILES string of the molecule is C1=Cc2nc1cc1ccc([n-]1)c(-c1ccccc1)c1nc(c(-c3c4nc(c(-c5ccccc5)c5ccc(cc6nc(c(-c7ccccc7)c7ccc3[n-]7)C=C6)[n-]5)C=C4)c3ccc([n-]3)c2-c2ccccc2)C=C1.[Ni+2].[Ni+2]. The van der Waals surface area contributed by atoms with Gasteiger partial charge in [0.25, 0.3) is 0 Å². The summed E-state index contributed by atoms with van der Waals surface area (Å²) in [5.74, 6) is 0. The summed E-state index contributed by atoms with van der Waals surface area (Å²) in [6.45, 7) is 0. The summed E-state index contributed by atoms with van der Waals surface area (Å²) in [7, 11) is 0. The average Bonchev–Trinajstić information content (AvgIpc) is 4.26. The summed E-state index contributed by atoms with van der Waals surface area (Å²) in [5.41, 5.74) is 21.6. The fraction of sp³-hybridized carbons (Fsp3) is 0. The van der Waals surface area contributed by atoms with Gasteiger partial charge in [-0.3, -0.25) is 0 Å². The van der Waals surface area contributed by atoms with Crippen LogP contribution >= 0.6 is 0 Å². The molecule has 0 aliphatic carbocycles. The molecule has 0 radical (unpaired) electrons. The van der Waals surface area contributed by atoms with E-state index >= 15 is 0 Å². The molecule has 0 atom stereocenters. The fourth-order valence-electron chi connectivity index (χ4n) is 10.2. The molecule has 0 amide bonds. The predicted molar refractivity (Wildman–Crippen MR) is 294 cm³/mol. The smallest absolute Gasteiger partial charge is 0.657 e. The summed E-state index contributed by atoms with van der Waals surface area (Å²) in [4.78, 5) is 43.2. The monoisotopic (exact) mass is 1030 g/mol. The van der Waals surface area contributed by atoms with Gasteiger partial charge in [0.1, 0.15) is 0 Å². The van der Waals surface area contributed by atoms with Gasteiger partial charge in [0, 0.05) is 0 Å². The van der Waals surface area contributed by atoms with E-state index in [-0.39, 0.29) is 33.0 Å². The minimum Gasteiger partial charge on any atom is -0.657 e. The number of rotatable bonds is 5. The Morgan fingerprint density at radius 1 is 0.230 bits per heavy atom. The maximum absolute atomic E-state index is 5.59. The zero-order chi connectivity index (χ0) is 47.5. The van der Waals surface area contributed by atoms with Crippen LogP contribution in [0, 0.1) is 0 Å². The Morgan fingerprint density at radius 3 is 0.824 bits per heavy atom. The van der Waals surface area contributed by atoms with Crippen molar-refractivity contribution in [2.75, 3.05) is 0 Å². The normalized spacial score (nSPS) is 12.2. The first-order valence-corrected chi connectivity index (χ1v) is 23.9. The van der Waals surface area contributed by atoms with Crippen LogP contribution < -0.4 is 19.9 Å². The van der Waals surface area contributed by atoms with Crippen molar-refractivity contribution >= 4 is 92.7 Å². The van der Waals surface area contributed by atoms with Gasteiger partial charge in [-0.05, 0) is 104 Å². The zero-order valence-electron chi connectivity index (χ0n) is 39.1. The molecule has 0 fully saturated rings. The van der Waals surface area contributed by atoms with Crippen LogP contribution in [0.25, 0.3) is 148 Å². The first-order chi connectivity index (χ1) is 35.6. The quantitative estimate of drug-likeness (QED) is 0.157. The standard InChI is InChI=1S/C64H38N8.2Ni/c1-5-13-39(14-6-1)59-47-25-21-43(65-47)37-44-22-26-48(66-44)60(40-15-7-2-8-16-40)52-30-34-56(70-52)63(55-33-29-51(59)69-55)64-57-35-31-53(71-57)61(41-17-9-3-10-18-41)49-27-23-45(67-49)38-46-24-28-50(68-46)62(42-19-11-4-12-20-42)54-32-36-58(64)72-54;;/h1-38H;;/q-4;2*+2. The average molecular weight is 1040 g/mol. The number of hydrogen-bond donors (Lipinski definition) is 0. The fourth-order valence-corrected chi connectivity index (χ4v) is 10.2. The molecule has 8 nitrogen and oxygen atoms in total. The summed E-state index contributed by atoms with van der Waals surface area (Å²) < 4.78 is 0. The van der Waals surface area contributed by atoms with E-state index in [1.165, 1.54) is 0 Å². The molecule has 4 aliphatic heterocycles. The number of hydrogen-bond acceptors (Lipinski definition) is 4. The minimum absolute atomic E-state index is 0. The van der Waals surface area contributed by atoms with Gasteiger partial charge in [0.05, 0.1) is 45.6 Å². The van der Waals surface area contributed by atoms with E-state index in [4.69, 9.17) is 39.9 Å². The van der Waals surface area contributed by atoms with Crippen molar-refractivity contribution in [2.24, 2.45) is 0 Å². The minimum atomic E-state index is 0. The Balaban J connectivity index is 0.00000278. The first kappa shape index (κ1) is 46.2. The molecule has 0 saturated carbocycles. The van der Waals surface area contributed by atoms with E-state index in [2.05, 4.69) is 121 Å². The molecule has 74 heavy (non-hydrogen) atoms. The first-order valence-electron chi connectivity index (χ1n) is 23.9. The van der Waals surface area contributed by atoms with E-state index in [0.717, 1.165) is 123 Å². The molecule has 10 heterocycles. The Morgan fingerprint density at radius 2 is 0.486 bits per heavy atom. The number of nitrogens with zero attached hydrogens (tertiary/aromatic N) is 8. The number of aromatic nitrogens is 8. The molecule has 16 bridgehead atoms. The van der Waals surface area contributed by atoms with Crippen molar-refractivity contribution in [1.82, 2.24) is 39.9 Å². The topological polar surface area (TPSA) is 108 Å². The van der Waals surface area contributed by atoms with Crippen LogP contribution in [0.3, 0.4) is 0 Å². The molecule has 0 spiro atoms. The van der Waals surface area contributed by atoms with Crippen LogP contribution in [0.2, 0.25) is 0 Å². The van der Waals surface area contributed by atoms with Gasteiger partial charge >= 0.3 is 33.0 Å². The second kappa shape index (κ2) is 19.2. The van der Waals surface area contributed by atoms with E-state index < -0.39 is 0 Å². The molecule has 14 rings (SSSR count). The molecular formula is C64H38N8Ni2. The van der Waals surface area contributed by atoms with Crippen LogP contribution in [-0.2, 0) is 33.0 Å². The van der Waals surface area contributed by atoms with Gasteiger partial charge in [-0.2, -0.15) is 0 Å². The summed E-state index contributed by atoms with van der Waals surface area (Å²) >= 11 is 0. The molecule has 10 aromatic rings. The molecule has 0 N–H and O–H groups in total. The molecule has 4 aromatic carbocycles. The Kier molecular flexibility index (Phi) is 12.0. The molecule has 354 valence electrons. The molecule has 10 heteroatoms. The van der Waals surface area contributed by atoms with Gasteiger partial charge in [0.2, 0.25) is 0 Å². The van der Waals surface area contributed by atoms with Crippen LogP contribution in [0.1, 0.15) is 45.6 Å². The maximum atomic E-state index is 5.59. The van der Waals surface area contributed by atoms with Crippen molar-refractivity contribution in [2.45, 2.75) is 0 Å². The van der Waals surface area contributed by atoms with E-state index in [9.17, 15) is 0 Å². The molecule has 4 aliphatic rings. The van der Waals surface area contributed by atoms with Crippen molar-refractivity contribution in [3.8, 4) is 55.6 Å². The summed E-state index contributed by atoms with van der Waals surface area (Å²) in [5, 5.41) is 0. The van der Waals surface area contributed by atoms with E-state index in [0.29, 0.717) is 22.4 Å². The Hall–Kier alpha value is -8.93. The van der Waals surface area contributed by atoms with Crippen molar-refractivity contribution < 1.29 is 33.0 Å². The van der Waals surface area contributed by atoms with Gasteiger partial charge in [-0.1, -0.05) is 182 Å². The second-order valence-electron chi connectivity index (χ2n) is 17.9. The second-order valence-corrected chi connectivity index (χ2v) is 17.9. The predicted octanol–water partition coefficient (Wildman–Crippen LogP) is 14.5. The van der Waals surface area contributed by atoms with Crippen molar-refractivity contribution in [3.63, 3.8) is 0 Å². The van der Waals surface area contributed by atoms with Crippen molar-refractivity contribution in [1.29, 1.82) is 0 Å². The summed E-state index contributed by atoms with van der Waals surface area (Å²) in [6, 6.07) is 62.0.